The molecule has 0 saturated carbocycles. The van der Waals surface area contributed by atoms with E-state index in [4.69, 9.17) is 9.26 Å². The SMILES string of the molecule is CCOc1ccccc1-c1noc(CN2c3ccccc3C[C@H]2C)n1. The third kappa shape index (κ3) is 2.97. The molecule has 1 aromatic heterocycles. The summed E-state index contributed by atoms with van der Waals surface area (Å²) < 4.78 is 11.2. The third-order valence-corrected chi connectivity index (χ3v) is 4.55. The summed E-state index contributed by atoms with van der Waals surface area (Å²) in [5, 5.41) is 4.16. The van der Waals surface area contributed by atoms with Gasteiger partial charge in [0.05, 0.1) is 18.7 Å². The van der Waals surface area contributed by atoms with Gasteiger partial charge < -0.3 is 14.2 Å². The van der Waals surface area contributed by atoms with Crippen molar-refractivity contribution in [2.75, 3.05) is 11.5 Å². The van der Waals surface area contributed by atoms with Gasteiger partial charge in [0.1, 0.15) is 5.75 Å². The molecule has 0 fully saturated rings. The summed E-state index contributed by atoms with van der Waals surface area (Å²) in [4.78, 5) is 6.92. The van der Waals surface area contributed by atoms with Crippen LogP contribution in [0.1, 0.15) is 25.3 Å². The Morgan fingerprint density at radius 3 is 2.84 bits per heavy atom. The third-order valence-electron chi connectivity index (χ3n) is 4.55. The van der Waals surface area contributed by atoms with Gasteiger partial charge >= 0.3 is 0 Å². The molecule has 0 unspecified atom stereocenters. The molecule has 0 bridgehead atoms. The summed E-state index contributed by atoms with van der Waals surface area (Å²) in [6.45, 7) is 5.40. The van der Waals surface area contributed by atoms with Crippen LogP contribution in [0.3, 0.4) is 0 Å². The van der Waals surface area contributed by atoms with Gasteiger partial charge in [-0.25, -0.2) is 0 Å². The van der Waals surface area contributed by atoms with Crippen molar-refractivity contribution in [2.45, 2.75) is 32.9 Å². The average molecular weight is 335 g/mol. The topological polar surface area (TPSA) is 51.4 Å². The molecule has 1 aliphatic rings. The molecule has 25 heavy (non-hydrogen) atoms. The number of ether oxygens (including phenoxy) is 1. The minimum atomic E-state index is 0.420. The van der Waals surface area contributed by atoms with Gasteiger partial charge in [0.25, 0.3) is 0 Å². The first-order chi connectivity index (χ1) is 12.3. The number of rotatable bonds is 5. The van der Waals surface area contributed by atoms with E-state index in [2.05, 4.69) is 46.2 Å². The van der Waals surface area contributed by atoms with Crippen LogP contribution in [0.2, 0.25) is 0 Å². The first-order valence-electron chi connectivity index (χ1n) is 8.65. The van der Waals surface area contributed by atoms with Crippen molar-refractivity contribution in [3.05, 3.63) is 60.0 Å². The molecule has 3 aromatic rings. The fourth-order valence-corrected chi connectivity index (χ4v) is 3.38. The Bertz CT molecular complexity index is 875. The van der Waals surface area contributed by atoms with Crippen LogP contribution < -0.4 is 9.64 Å². The molecule has 2 heterocycles. The van der Waals surface area contributed by atoms with Crippen molar-refractivity contribution in [1.29, 1.82) is 0 Å². The summed E-state index contributed by atoms with van der Waals surface area (Å²) in [5.74, 6) is 1.96. The lowest BCUT2D eigenvalue weighted by Gasteiger charge is -2.22. The van der Waals surface area contributed by atoms with Crippen molar-refractivity contribution in [1.82, 2.24) is 10.1 Å². The molecule has 4 rings (SSSR count). The molecule has 1 atom stereocenters. The van der Waals surface area contributed by atoms with Gasteiger partial charge in [0.2, 0.25) is 11.7 Å². The Balaban J connectivity index is 1.59. The Labute approximate surface area is 147 Å². The summed E-state index contributed by atoms with van der Waals surface area (Å²) in [7, 11) is 0. The van der Waals surface area contributed by atoms with Crippen LogP contribution in [0.15, 0.2) is 53.1 Å². The predicted molar refractivity (Wildman–Crippen MR) is 96.7 cm³/mol. The fraction of sp³-hybridized carbons (Fsp3) is 0.300. The molecule has 1 aliphatic heterocycles. The maximum atomic E-state index is 5.67. The lowest BCUT2D eigenvalue weighted by Crippen LogP contribution is -2.28. The molecule has 0 spiro atoms. The molecular formula is C20H21N3O2. The maximum absolute atomic E-state index is 5.67. The van der Waals surface area contributed by atoms with Crippen LogP contribution in [0, 0.1) is 0 Å². The largest absolute Gasteiger partial charge is 0.493 e. The maximum Gasteiger partial charge on any atom is 0.246 e. The number of hydrogen-bond donors (Lipinski definition) is 0. The van der Waals surface area contributed by atoms with Crippen LogP contribution in [0.4, 0.5) is 5.69 Å². The highest BCUT2D eigenvalue weighted by atomic mass is 16.5. The summed E-state index contributed by atoms with van der Waals surface area (Å²) in [6.07, 6.45) is 1.05. The number of para-hydroxylation sites is 2. The van der Waals surface area contributed by atoms with Gasteiger partial charge in [-0.1, -0.05) is 35.5 Å². The monoisotopic (exact) mass is 335 g/mol. The summed E-state index contributed by atoms with van der Waals surface area (Å²) in [6, 6.07) is 16.7. The molecule has 0 amide bonds. The van der Waals surface area contributed by atoms with E-state index in [-0.39, 0.29) is 0 Å². The highest BCUT2D eigenvalue weighted by Gasteiger charge is 2.27. The number of anilines is 1. The van der Waals surface area contributed by atoms with Gasteiger partial charge in [-0.15, -0.1) is 0 Å². The average Bonchev–Trinajstić information content (AvgIpc) is 3.21. The van der Waals surface area contributed by atoms with Crippen molar-refractivity contribution in [3.8, 4) is 17.1 Å². The molecule has 0 saturated heterocycles. The number of fused-ring (bicyclic) bond motifs is 1. The lowest BCUT2D eigenvalue weighted by atomic mass is 10.1. The van der Waals surface area contributed by atoms with Crippen LogP contribution in [0.25, 0.3) is 11.4 Å². The van der Waals surface area contributed by atoms with E-state index in [0.29, 0.717) is 30.9 Å². The highest BCUT2D eigenvalue weighted by Crippen LogP contribution is 2.33. The Kier molecular flexibility index (Phi) is 4.14. The normalized spacial score (nSPS) is 16.1. The number of aromatic nitrogens is 2. The van der Waals surface area contributed by atoms with Crippen LogP contribution >= 0.6 is 0 Å². The first kappa shape index (κ1) is 15.7. The fourth-order valence-electron chi connectivity index (χ4n) is 3.38. The van der Waals surface area contributed by atoms with E-state index >= 15 is 0 Å². The zero-order valence-electron chi connectivity index (χ0n) is 14.5. The van der Waals surface area contributed by atoms with E-state index in [1.807, 2.05) is 31.2 Å². The minimum Gasteiger partial charge on any atom is -0.493 e. The van der Waals surface area contributed by atoms with Gasteiger partial charge in [-0.05, 0) is 44.0 Å². The minimum absolute atomic E-state index is 0.420. The highest BCUT2D eigenvalue weighted by molar-refractivity contribution is 5.63. The first-order valence-corrected chi connectivity index (χ1v) is 8.65. The number of hydrogen-bond acceptors (Lipinski definition) is 5. The zero-order valence-corrected chi connectivity index (χ0v) is 14.5. The smallest absolute Gasteiger partial charge is 0.246 e. The molecule has 0 radical (unpaired) electrons. The van der Waals surface area contributed by atoms with Gasteiger partial charge in [-0.2, -0.15) is 4.98 Å². The summed E-state index contributed by atoms with van der Waals surface area (Å²) >= 11 is 0. The van der Waals surface area contributed by atoms with Crippen LogP contribution in [-0.2, 0) is 13.0 Å². The summed E-state index contributed by atoms with van der Waals surface area (Å²) in [5.41, 5.74) is 3.48. The second-order valence-electron chi connectivity index (χ2n) is 6.25. The van der Waals surface area contributed by atoms with Crippen LogP contribution in [-0.4, -0.2) is 22.8 Å². The van der Waals surface area contributed by atoms with Crippen molar-refractivity contribution in [3.63, 3.8) is 0 Å². The van der Waals surface area contributed by atoms with Gasteiger partial charge in [0.15, 0.2) is 0 Å². The molecule has 128 valence electrons. The molecule has 5 heteroatoms. The number of nitrogens with zero attached hydrogens (tertiary/aromatic N) is 3. The van der Waals surface area contributed by atoms with Crippen LogP contribution in [0.5, 0.6) is 5.75 Å². The predicted octanol–water partition coefficient (Wildman–Crippen LogP) is 4.09. The Morgan fingerprint density at radius 2 is 1.96 bits per heavy atom. The second-order valence-corrected chi connectivity index (χ2v) is 6.25. The van der Waals surface area contributed by atoms with Crippen molar-refractivity contribution < 1.29 is 9.26 Å². The molecule has 0 N–H and O–H groups in total. The lowest BCUT2D eigenvalue weighted by molar-refractivity contribution is 0.340. The van der Waals surface area contributed by atoms with E-state index in [9.17, 15) is 0 Å². The molecule has 5 nitrogen and oxygen atoms in total. The van der Waals surface area contributed by atoms with Crippen molar-refractivity contribution in [2.24, 2.45) is 0 Å². The molecular weight excluding hydrogens is 314 g/mol. The Hall–Kier alpha value is -2.82. The molecule has 0 aliphatic carbocycles. The van der Waals surface area contributed by atoms with E-state index in [1.165, 1.54) is 11.3 Å². The standard InChI is InChI=1S/C20H21N3O2/c1-3-24-18-11-7-5-9-16(18)20-21-19(25-22-20)13-23-14(2)12-15-8-4-6-10-17(15)23/h4-11,14H,3,12-13H2,1-2H3/t14-/m1/s1. The van der Waals surface area contributed by atoms with E-state index in [0.717, 1.165) is 17.7 Å². The number of benzene rings is 2. The quantitative estimate of drug-likeness (QED) is 0.703. The van der Waals surface area contributed by atoms with E-state index < -0.39 is 0 Å². The second kappa shape index (κ2) is 6.59. The van der Waals surface area contributed by atoms with Crippen molar-refractivity contribution >= 4 is 5.69 Å². The zero-order chi connectivity index (χ0) is 17.2. The van der Waals surface area contributed by atoms with Gasteiger partial charge in [0, 0.05) is 11.7 Å². The Morgan fingerprint density at radius 1 is 1.16 bits per heavy atom. The van der Waals surface area contributed by atoms with Gasteiger partial charge in [-0.3, -0.25) is 0 Å². The van der Waals surface area contributed by atoms with E-state index in [1.54, 1.807) is 0 Å². The molecule has 2 aromatic carbocycles.